The molecular formula is C19H38O5. The predicted octanol–water partition coefficient (Wildman–Crippen LogP) is 4.14. The molecule has 0 amide bonds. The number of methoxy groups -OCH3 is 3. The van der Waals surface area contributed by atoms with E-state index in [-0.39, 0.29) is 12.0 Å². The number of unbranched alkanes of at least 4 members (excludes halogenated alkanes) is 5. The van der Waals surface area contributed by atoms with E-state index in [0.29, 0.717) is 12.7 Å². The van der Waals surface area contributed by atoms with Crippen LogP contribution in [0, 0.1) is 5.92 Å². The molecule has 24 heavy (non-hydrogen) atoms. The Balaban J connectivity index is 2.47. The molecule has 0 radical (unpaired) electrons. The molecule has 144 valence electrons. The van der Waals surface area contributed by atoms with Crippen molar-refractivity contribution in [2.24, 2.45) is 5.92 Å². The van der Waals surface area contributed by atoms with Gasteiger partial charge in [-0.1, -0.05) is 45.4 Å². The van der Waals surface area contributed by atoms with Crippen molar-refractivity contribution in [3.8, 4) is 0 Å². The highest BCUT2D eigenvalue weighted by atomic mass is 16.9. The van der Waals surface area contributed by atoms with E-state index in [9.17, 15) is 0 Å². The van der Waals surface area contributed by atoms with Gasteiger partial charge in [-0.15, -0.1) is 0 Å². The van der Waals surface area contributed by atoms with Gasteiger partial charge in [0.05, 0.1) is 19.3 Å². The smallest absolute Gasteiger partial charge is 0.285 e. The van der Waals surface area contributed by atoms with Gasteiger partial charge in [0.2, 0.25) is 0 Å². The van der Waals surface area contributed by atoms with Crippen LogP contribution >= 0.6 is 0 Å². The van der Waals surface area contributed by atoms with Gasteiger partial charge < -0.3 is 23.7 Å². The predicted molar refractivity (Wildman–Crippen MR) is 95.0 cm³/mol. The second-order valence-corrected chi connectivity index (χ2v) is 6.80. The molecule has 0 bridgehead atoms. The monoisotopic (exact) mass is 346 g/mol. The summed E-state index contributed by atoms with van der Waals surface area (Å²) >= 11 is 0. The molecular weight excluding hydrogens is 308 g/mol. The molecule has 3 unspecified atom stereocenters. The lowest BCUT2D eigenvalue weighted by Gasteiger charge is -2.37. The number of hydrogen-bond acceptors (Lipinski definition) is 5. The number of rotatable bonds is 16. The minimum Gasteiger partial charge on any atom is -0.376 e. The maximum atomic E-state index is 5.89. The topological polar surface area (TPSA) is 49.5 Å². The first kappa shape index (κ1) is 21.8. The van der Waals surface area contributed by atoms with E-state index < -0.39 is 5.97 Å². The molecule has 0 aromatic heterocycles. The van der Waals surface area contributed by atoms with Crippen molar-refractivity contribution >= 4 is 0 Å². The Labute approximate surface area is 148 Å². The van der Waals surface area contributed by atoms with Gasteiger partial charge in [0.25, 0.3) is 5.97 Å². The summed E-state index contributed by atoms with van der Waals surface area (Å²) in [6.07, 6.45) is 9.90. The first-order valence-electron chi connectivity index (χ1n) is 9.50. The van der Waals surface area contributed by atoms with Crippen LogP contribution in [0.25, 0.3) is 0 Å². The first-order valence-corrected chi connectivity index (χ1v) is 9.50. The lowest BCUT2D eigenvalue weighted by atomic mass is 9.92. The van der Waals surface area contributed by atoms with E-state index >= 15 is 0 Å². The van der Waals surface area contributed by atoms with E-state index in [4.69, 9.17) is 23.7 Å². The van der Waals surface area contributed by atoms with Crippen LogP contribution in [0.1, 0.15) is 65.2 Å². The Bertz CT molecular complexity index is 294. The van der Waals surface area contributed by atoms with Crippen molar-refractivity contribution in [2.75, 3.05) is 34.5 Å². The Morgan fingerprint density at radius 1 is 1.00 bits per heavy atom. The molecule has 0 N–H and O–H groups in total. The first-order chi connectivity index (χ1) is 11.6. The summed E-state index contributed by atoms with van der Waals surface area (Å²) in [6.45, 7) is 5.84. The van der Waals surface area contributed by atoms with Gasteiger partial charge in [-0.05, 0) is 19.8 Å². The van der Waals surface area contributed by atoms with Gasteiger partial charge in [-0.25, -0.2) is 0 Å². The van der Waals surface area contributed by atoms with Crippen LogP contribution in [0.2, 0.25) is 0 Å². The minimum atomic E-state index is -0.989. The van der Waals surface area contributed by atoms with Gasteiger partial charge in [-0.2, -0.15) is 0 Å². The van der Waals surface area contributed by atoms with Gasteiger partial charge in [-0.3, -0.25) is 0 Å². The zero-order valence-electron chi connectivity index (χ0n) is 16.3. The molecule has 5 heteroatoms. The van der Waals surface area contributed by atoms with Gasteiger partial charge in [0, 0.05) is 27.2 Å². The molecule has 5 nitrogen and oxygen atoms in total. The number of ether oxygens (including phenoxy) is 5. The van der Waals surface area contributed by atoms with Crippen LogP contribution in [0.4, 0.5) is 0 Å². The molecule has 0 aromatic rings. The highest BCUT2D eigenvalue weighted by Crippen LogP contribution is 2.33. The molecule has 1 saturated heterocycles. The molecule has 0 spiro atoms. The summed E-state index contributed by atoms with van der Waals surface area (Å²) in [7, 11) is 4.93. The Kier molecular flexibility index (Phi) is 11.1. The van der Waals surface area contributed by atoms with Crippen LogP contribution in [-0.4, -0.2) is 52.7 Å². The highest BCUT2D eigenvalue weighted by molar-refractivity contribution is 4.75. The van der Waals surface area contributed by atoms with Crippen molar-refractivity contribution in [2.45, 2.75) is 83.4 Å². The minimum absolute atomic E-state index is 0.124. The van der Waals surface area contributed by atoms with Crippen molar-refractivity contribution in [1.29, 1.82) is 0 Å². The lowest BCUT2D eigenvalue weighted by molar-refractivity contribution is -0.382. The zero-order valence-corrected chi connectivity index (χ0v) is 16.3. The van der Waals surface area contributed by atoms with Crippen molar-refractivity contribution in [3.63, 3.8) is 0 Å². The average Bonchev–Trinajstić information content (AvgIpc) is 3.42. The largest absolute Gasteiger partial charge is 0.376 e. The molecule has 1 rings (SSSR count). The van der Waals surface area contributed by atoms with E-state index in [2.05, 4.69) is 13.8 Å². The third-order valence-corrected chi connectivity index (χ3v) is 4.85. The quantitative estimate of drug-likeness (QED) is 0.239. The summed E-state index contributed by atoms with van der Waals surface area (Å²) in [5, 5.41) is 0. The molecule has 0 aliphatic carbocycles. The summed E-state index contributed by atoms with van der Waals surface area (Å²) in [5.74, 6) is -0.851. The SMILES string of the molecule is CCCCCCCCC(CC(C)OCC1CO1)C(OC)(OC)OC. The summed E-state index contributed by atoms with van der Waals surface area (Å²) in [6, 6.07) is 0. The molecule has 0 aromatic carbocycles. The second-order valence-electron chi connectivity index (χ2n) is 6.80. The summed E-state index contributed by atoms with van der Waals surface area (Å²) < 4.78 is 27.9. The molecule has 0 saturated carbocycles. The maximum Gasteiger partial charge on any atom is 0.285 e. The molecule has 3 atom stereocenters. The molecule has 1 heterocycles. The van der Waals surface area contributed by atoms with Gasteiger partial charge in [0.1, 0.15) is 6.10 Å². The molecule has 1 aliphatic rings. The fourth-order valence-electron chi connectivity index (χ4n) is 3.26. The van der Waals surface area contributed by atoms with E-state index in [1.165, 1.54) is 32.1 Å². The number of hydrogen-bond donors (Lipinski definition) is 0. The van der Waals surface area contributed by atoms with E-state index in [0.717, 1.165) is 25.9 Å². The van der Waals surface area contributed by atoms with Crippen molar-refractivity contribution < 1.29 is 23.7 Å². The Hall–Kier alpha value is -0.200. The van der Waals surface area contributed by atoms with Crippen molar-refractivity contribution in [1.82, 2.24) is 0 Å². The maximum absolute atomic E-state index is 5.89. The summed E-state index contributed by atoms with van der Waals surface area (Å²) in [5.41, 5.74) is 0. The van der Waals surface area contributed by atoms with Crippen LogP contribution in [0.3, 0.4) is 0 Å². The average molecular weight is 347 g/mol. The van der Waals surface area contributed by atoms with Crippen LogP contribution in [0.5, 0.6) is 0 Å². The van der Waals surface area contributed by atoms with E-state index in [1.54, 1.807) is 21.3 Å². The fourth-order valence-corrected chi connectivity index (χ4v) is 3.26. The van der Waals surface area contributed by atoms with Crippen molar-refractivity contribution in [3.05, 3.63) is 0 Å². The summed E-state index contributed by atoms with van der Waals surface area (Å²) in [4.78, 5) is 0. The zero-order chi connectivity index (χ0) is 17.8. The van der Waals surface area contributed by atoms with Crippen LogP contribution < -0.4 is 0 Å². The van der Waals surface area contributed by atoms with Gasteiger partial charge >= 0.3 is 0 Å². The third kappa shape index (κ3) is 7.79. The Morgan fingerprint density at radius 3 is 2.12 bits per heavy atom. The van der Waals surface area contributed by atoms with E-state index in [1.807, 2.05) is 0 Å². The highest BCUT2D eigenvalue weighted by Gasteiger charge is 2.40. The third-order valence-electron chi connectivity index (χ3n) is 4.85. The normalized spacial score (nSPS) is 20.1. The molecule has 1 fully saturated rings. The van der Waals surface area contributed by atoms with Crippen LogP contribution in [0.15, 0.2) is 0 Å². The van der Waals surface area contributed by atoms with Gasteiger partial charge in [0.15, 0.2) is 0 Å². The molecule has 1 aliphatic heterocycles. The lowest BCUT2D eigenvalue weighted by Crippen LogP contribution is -2.45. The number of epoxide rings is 1. The Morgan fingerprint density at radius 2 is 1.58 bits per heavy atom. The fraction of sp³-hybridized carbons (Fsp3) is 1.00. The second kappa shape index (κ2) is 12.2. The standard InChI is InChI=1S/C19H38O5/c1-6-7-8-9-10-11-12-17(19(20-3,21-4)22-5)13-16(2)23-14-18-15-24-18/h16-18H,6-15H2,1-5H3. The van der Waals surface area contributed by atoms with Crippen LogP contribution in [-0.2, 0) is 23.7 Å².